The minimum absolute atomic E-state index is 1.23. The van der Waals surface area contributed by atoms with Crippen molar-refractivity contribution in [2.24, 2.45) is 0 Å². The van der Waals surface area contributed by atoms with E-state index >= 15 is 0 Å². The fourth-order valence-electron chi connectivity index (χ4n) is 6.42. The van der Waals surface area contributed by atoms with Gasteiger partial charge in [0.1, 0.15) is 0 Å². The van der Waals surface area contributed by atoms with Gasteiger partial charge in [0.25, 0.3) is 0 Å². The molecule has 0 aliphatic heterocycles. The summed E-state index contributed by atoms with van der Waals surface area (Å²) >= 11 is 0. The van der Waals surface area contributed by atoms with E-state index in [1.165, 1.54) is 76.8 Å². The number of hydrogen-bond acceptors (Lipinski definition) is 0. The van der Waals surface area contributed by atoms with Crippen molar-refractivity contribution < 1.29 is 0 Å². The van der Waals surface area contributed by atoms with Gasteiger partial charge in [-0.25, -0.2) is 0 Å². The van der Waals surface area contributed by atoms with Crippen LogP contribution in [0.3, 0.4) is 0 Å². The van der Waals surface area contributed by atoms with Crippen molar-refractivity contribution in [3.63, 3.8) is 0 Å². The largest absolute Gasteiger partial charge is 0.0622 e. The van der Waals surface area contributed by atoms with E-state index in [2.05, 4.69) is 170 Å². The van der Waals surface area contributed by atoms with Crippen LogP contribution < -0.4 is 0 Å². The summed E-state index contributed by atoms with van der Waals surface area (Å²) in [5, 5.41) is 7.60. The van der Waals surface area contributed by atoms with Gasteiger partial charge in [0, 0.05) is 0 Å². The number of benzene rings is 8. The molecule has 0 radical (unpaired) electrons. The highest BCUT2D eigenvalue weighted by atomic mass is 14.2. The van der Waals surface area contributed by atoms with Crippen LogP contribution in [0, 0.1) is 0 Å². The topological polar surface area (TPSA) is 0 Å². The van der Waals surface area contributed by atoms with Gasteiger partial charge in [-0.05, 0) is 89.0 Å². The molecule has 0 N–H and O–H groups in total. The normalized spacial score (nSPS) is 11.3. The molecular weight excluding hydrogens is 504 g/mol. The highest BCUT2D eigenvalue weighted by Crippen LogP contribution is 2.45. The lowest BCUT2D eigenvalue weighted by Gasteiger charge is -2.19. The maximum atomic E-state index is 2.39. The molecule has 0 heteroatoms. The maximum Gasteiger partial charge on any atom is -0.00259 e. The Kier molecular flexibility index (Phi) is 5.90. The first-order chi connectivity index (χ1) is 20.8. The third-order valence-electron chi connectivity index (χ3n) is 8.45. The van der Waals surface area contributed by atoms with Crippen LogP contribution in [0.25, 0.3) is 76.8 Å². The molecule has 0 nitrogen and oxygen atoms in total. The molecule has 196 valence electrons. The first-order valence-electron chi connectivity index (χ1n) is 14.5. The molecule has 0 aromatic heterocycles. The van der Waals surface area contributed by atoms with Crippen LogP contribution in [0.15, 0.2) is 170 Å². The van der Waals surface area contributed by atoms with E-state index in [4.69, 9.17) is 0 Å². The van der Waals surface area contributed by atoms with Crippen molar-refractivity contribution in [1.29, 1.82) is 0 Å². The maximum absolute atomic E-state index is 2.39. The smallest absolute Gasteiger partial charge is 0.00259 e. The third-order valence-corrected chi connectivity index (χ3v) is 8.45. The zero-order valence-corrected chi connectivity index (χ0v) is 23.2. The summed E-state index contributed by atoms with van der Waals surface area (Å²) in [7, 11) is 0. The molecular formula is C42H28. The monoisotopic (exact) mass is 532 g/mol. The summed E-state index contributed by atoms with van der Waals surface area (Å²) in [5.41, 5.74) is 9.96. The molecule has 8 aromatic rings. The van der Waals surface area contributed by atoms with Gasteiger partial charge >= 0.3 is 0 Å². The lowest BCUT2D eigenvalue weighted by Crippen LogP contribution is -1.92. The Bertz CT molecular complexity index is 2210. The Labute approximate surface area is 246 Å². The van der Waals surface area contributed by atoms with Crippen molar-refractivity contribution in [1.82, 2.24) is 0 Å². The third kappa shape index (κ3) is 4.17. The Hall–Kier alpha value is -5.46. The van der Waals surface area contributed by atoms with E-state index in [-0.39, 0.29) is 0 Å². The molecule has 0 aliphatic carbocycles. The second-order valence-electron chi connectivity index (χ2n) is 10.9. The van der Waals surface area contributed by atoms with Crippen LogP contribution in [0.4, 0.5) is 0 Å². The van der Waals surface area contributed by atoms with Crippen LogP contribution >= 0.6 is 0 Å². The van der Waals surface area contributed by atoms with Gasteiger partial charge in [0.05, 0.1) is 0 Å². The fourth-order valence-corrected chi connectivity index (χ4v) is 6.42. The van der Waals surface area contributed by atoms with Crippen molar-refractivity contribution in [3.8, 4) is 44.5 Å². The molecule has 42 heavy (non-hydrogen) atoms. The minimum Gasteiger partial charge on any atom is -0.0622 e. The summed E-state index contributed by atoms with van der Waals surface area (Å²) in [6.45, 7) is 0. The quantitative estimate of drug-likeness (QED) is 0.198. The van der Waals surface area contributed by atoms with Crippen molar-refractivity contribution in [2.45, 2.75) is 0 Å². The Morgan fingerprint density at radius 1 is 0.214 bits per heavy atom. The lowest BCUT2D eigenvalue weighted by atomic mass is 9.84. The number of hydrogen-bond donors (Lipinski definition) is 0. The average Bonchev–Trinajstić information content (AvgIpc) is 3.07. The predicted molar refractivity (Wildman–Crippen MR) is 181 cm³/mol. The van der Waals surface area contributed by atoms with Crippen LogP contribution in [0.2, 0.25) is 0 Å². The molecule has 8 aromatic carbocycles. The molecule has 0 spiro atoms. The molecule has 0 amide bonds. The van der Waals surface area contributed by atoms with Crippen LogP contribution in [0.1, 0.15) is 0 Å². The average molecular weight is 533 g/mol. The molecule has 0 heterocycles. The highest BCUT2D eigenvalue weighted by molar-refractivity contribution is 6.22. The van der Waals surface area contributed by atoms with Gasteiger partial charge < -0.3 is 0 Å². The van der Waals surface area contributed by atoms with Gasteiger partial charge in [-0.2, -0.15) is 0 Å². The first-order valence-corrected chi connectivity index (χ1v) is 14.5. The Balaban J connectivity index is 1.44. The second kappa shape index (κ2) is 10.2. The van der Waals surface area contributed by atoms with Gasteiger partial charge in [-0.1, -0.05) is 158 Å². The van der Waals surface area contributed by atoms with E-state index in [0.29, 0.717) is 0 Å². The first kappa shape index (κ1) is 24.3. The zero-order chi connectivity index (χ0) is 27.9. The Morgan fingerprint density at radius 3 is 1.36 bits per heavy atom. The van der Waals surface area contributed by atoms with Crippen molar-refractivity contribution in [3.05, 3.63) is 170 Å². The summed E-state index contributed by atoms with van der Waals surface area (Å²) in [6.07, 6.45) is 0. The van der Waals surface area contributed by atoms with E-state index in [1.807, 2.05) is 0 Å². The van der Waals surface area contributed by atoms with E-state index in [0.717, 1.165) is 0 Å². The SMILES string of the molecule is c1ccc(-c2ccc(-c3c4ccccc4c(-c4ccc5ccccc5c4)c4cc(-c5ccccc5)ccc34)cc2)cc1. The molecule has 0 atom stereocenters. The molecule has 0 bridgehead atoms. The molecule has 0 unspecified atom stereocenters. The molecule has 0 saturated heterocycles. The van der Waals surface area contributed by atoms with Crippen LogP contribution in [-0.4, -0.2) is 0 Å². The van der Waals surface area contributed by atoms with Crippen molar-refractivity contribution in [2.75, 3.05) is 0 Å². The van der Waals surface area contributed by atoms with Crippen molar-refractivity contribution >= 4 is 32.3 Å². The minimum atomic E-state index is 1.23. The molecule has 0 aliphatic rings. The number of rotatable bonds is 4. The van der Waals surface area contributed by atoms with E-state index < -0.39 is 0 Å². The molecule has 8 rings (SSSR count). The summed E-state index contributed by atoms with van der Waals surface area (Å²) in [5.74, 6) is 0. The fraction of sp³-hybridized carbons (Fsp3) is 0. The Morgan fingerprint density at radius 2 is 0.667 bits per heavy atom. The van der Waals surface area contributed by atoms with Gasteiger partial charge in [0.15, 0.2) is 0 Å². The van der Waals surface area contributed by atoms with Gasteiger partial charge in [-0.3, -0.25) is 0 Å². The summed E-state index contributed by atoms with van der Waals surface area (Å²) < 4.78 is 0. The van der Waals surface area contributed by atoms with E-state index in [9.17, 15) is 0 Å². The van der Waals surface area contributed by atoms with Crippen LogP contribution in [0.5, 0.6) is 0 Å². The predicted octanol–water partition coefficient (Wildman–Crippen LogP) is 11.8. The number of fused-ring (bicyclic) bond motifs is 3. The van der Waals surface area contributed by atoms with Gasteiger partial charge in [-0.15, -0.1) is 0 Å². The lowest BCUT2D eigenvalue weighted by molar-refractivity contribution is 1.61. The van der Waals surface area contributed by atoms with Crippen LogP contribution in [-0.2, 0) is 0 Å². The highest BCUT2D eigenvalue weighted by Gasteiger charge is 2.18. The molecule has 0 saturated carbocycles. The summed E-state index contributed by atoms with van der Waals surface area (Å²) in [6, 6.07) is 61.8. The van der Waals surface area contributed by atoms with E-state index in [1.54, 1.807) is 0 Å². The summed E-state index contributed by atoms with van der Waals surface area (Å²) in [4.78, 5) is 0. The standard InChI is InChI=1S/C42H28/c1-3-11-29(12-4-1)32-19-22-33(23-20-32)41-37-17-9-10-18-38(37)42(36-24-21-31-15-7-8-16-34(31)27-36)40-28-35(25-26-39(40)41)30-13-5-2-6-14-30/h1-28H. The molecule has 0 fully saturated rings. The van der Waals surface area contributed by atoms with Gasteiger partial charge in [0.2, 0.25) is 0 Å². The second-order valence-corrected chi connectivity index (χ2v) is 10.9. The zero-order valence-electron chi connectivity index (χ0n) is 23.2.